The highest BCUT2D eigenvalue weighted by atomic mass is 32.2. The maximum Gasteiger partial charge on any atom is 0.243 e. The summed E-state index contributed by atoms with van der Waals surface area (Å²) in [5, 5.41) is 2.71. The first kappa shape index (κ1) is 18.3. The van der Waals surface area contributed by atoms with E-state index in [9.17, 15) is 18.0 Å². The van der Waals surface area contributed by atoms with Crippen molar-refractivity contribution in [1.82, 2.24) is 9.62 Å². The Kier molecular flexibility index (Phi) is 5.48. The van der Waals surface area contributed by atoms with Gasteiger partial charge < -0.3 is 5.32 Å². The quantitative estimate of drug-likeness (QED) is 0.830. The van der Waals surface area contributed by atoms with Gasteiger partial charge in [-0.15, -0.1) is 0 Å². The molecule has 0 radical (unpaired) electrons. The van der Waals surface area contributed by atoms with Crippen molar-refractivity contribution in [2.75, 3.05) is 13.6 Å². The summed E-state index contributed by atoms with van der Waals surface area (Å²) in [6.07, 6.45) is 0. The molecule has 22 heavy (non-hydrogen) atoms. The van der Waals surface area contributed by atoms with Gasteiger partial charge in [-0.05, 0) is 39.8 Å². The summed E-state index contributed by atoms with van der Waals surface area (Å²) in [6, 6.07) is 5.64. The van der Waals surface area contributed by atoms with Crippen molar-refractivity contribution < 1.29 is 18.0 Å². The zero-order valence-corrected chi connectivity index (χ0v) is 14.3. The Morgan fingerprint density at radius 3 is 2.05 bits per heavy atom. The summed E-state index contributed by atoms with van der Waals surface area (Å²) in [5.74, 6) is -0.513. The molecule has 1 rings (SSSR count). The van der Waals surface area contributed by atoms with Crippen molar-refractivity contribution in [3.05, 3.63) is 29.8 Å². The molecule has 0 spiro atoms. The van der Waals surface area contributed by atoms with Crippen LogP contribution in [0.2, 0.25) is 0 Å². The topological polar surface area (TPSA) is 83.6 Å². The van der Waals surface area contributed by atoms with Gasteiger partial charge in [0.05, 0.1) is 11.4 Å². The highest BCUT2D eigenvalue weighted by Crippen LogP contribution is 2.15. The van der Waals surface area contributed by atoms with Crippen molar-refractivity contribution >= 4 is 21.7 Å². The lowest BCUT2D eigenvalue weighted by Gasteiger charge is -2.23. The van der Waals surface area contributed by atoms with Crippen LogP contribution < -0.4 is 5.32 Å². The largest absolute Gasteiger partial charge is 0.350 e. The third-order valence-corrected chi connectivity index (χ3v) is 4.67. The predicted molar refractivity (Wildman–Crippen MR) is 84.2 cm³/mol. The molecule has 0 heterocycles. The van der Waals surface area contributed by atoms with Crippen molar-refractivity contribution in [3.8, 4) is 0 Å². The molecule has 0 unspecified atom stereocenters. The van der Waals surface area contributed by atoms with Gasteiger partial charge in [0, 0.05) is 18.2 Å². The molecule has 0 aliphatic rings. The van der Waals surface area contributed by atoms with E-state index < -0.39 is 15.6 Å². The Balaban J connectivity index is 2.89. The Hall–Kier alpha value is -1.73. The molecule has 0 aromatic heterocycles. The molecule has 0 bridgehead atoms. The van der Waals surface area contributed by atoms with Crippen molar-refractivity contribution in [1.29, 1.82) is 0 Å². The Bertz CT molecular complexity index is 658. The number of Topliss-reactive ketones (excluding diaryl/α,β-unsaturated/α-hetero) is 1. The lowest BCUT2D eigenvalue weighted by molar-refractivity contribution is -0.122. The molecular weight excluding hydrogens is 304 g/mol. The number of rotatable bonds is 5. The van der Waals surface area contributed by atoms with Gasteiger partial charge in [-0.1, -0.05) is 12.1 Å². The minimum absolute atomic E-state index is 0.0450. The minimum atomic E-state index is -3.77. The van der Waals surface area contributed by atoms with Crippen LogP contribution in [-0.4, -0.2) is 43.5 Å². The number of hydrogen-bond donors (Lipinski definition) is 1. The molecule has 0 saturated heterocycles. The van der Waals surface area contributed by atoms with Crippen LogP contribution in [0, 0.1) is 0 Å². The van der Waals surface area contributed by atoms with E-state index in [2.05, 4.69) is 5.32 Å². The third-order valence-electron chi connectivity index (χ3n) is 2.85. The van der Waals surface area contributed by atoms with E-state index in [0.29, 0.717) is 5.56 Å². The average Bonchev–Trinajstić information content (AvgIpc) is 2.36. The van der Waals surface area contributed by atoms with E-state index in [1.807, 2.05) is 20.8 Å². The molecule has 0 atom stereocenters. The summed E-state index contributed by atoms with van der Waals surface area (Å²) < 4.78 is 25.7. The van der Waals surface area contributed by atoms with Crippen LogP contribution in [-0.2, 0) is 14.8 Å². The number of nitrogens with one attached hydrogen (secondary N) is 1. The second-order valence-electron chi connectivity index (χ2n) is 6.14. The van der Waals surface area contributed by atoms with Crippen LogP contribution in [0.4, 0.5) is 0 Å². The molecule has 0 saturated carbocycles. The minimum Gasteiger partial charge on any atom is -0.350 e. The maximum absolute atomic E-state index is 12.4. The lowest BCUT2D eigenvalue weighted by atomic mass is 10.1. The van der Waals surface area contributed by atoms with Gasteiger partial charge in [0.2, 0.25) is 15.9 Å². The Labute approximate surface area is 131 Å². The van der Waals surface area contributed by atoms with Crippen molar-refractivity contribution in [2.45, 2.75) is 38.1 Å². The number of benzene rings is 1. The van der Waals surface area contributed by atoms with Gasteiger partial charge in [0.15, 0.2) is 5.78 Å². The summed E-state index contributed by atoms with van der Waals surface area (Å²) in [7, 11) is -2.43. The van der Waals surface area contributed by atoms with E-state index in [0.717, 1.165) is 4.31 Å². The van der Waals surface area contributed by atoms with Crippen LogP contribution in [0.3, 0.4) is 0 Å². The second kappa shape index (κ2) is 6.58. The molecule has 0 fully saturated rings. The van der Waals surface area contributed by atoms with Gasteiger partial charge in [-0.2, -0.15) is 4.31 Å². The Morgan fingerprint density at radius 1 is 1.14 bits per heavy atom. The first-order valence-corrected chi connectivity index (χ1v) is 8.26. The first-order chi connectivity index (χ1) is 9.93. The van der Waals surface area contributed by atoms with E-state index in [1.165, 1.54) is 38.2 Å². The first-order valence-electron chi connectivity index (χ1n) is 6.82. The molecule has 1 aromatic carbocycles. The SMILES string of the molecule is CC(=O)c1ccc(S(=O)(=O)N(C)CC(=O)NC(C)(C)C)cc1. The standard InChI is InChI=1S/C15H22N2O4S/c1-11(18)12-6-8-13(9-7-12)22(20,21)17(5)10-14(19)16-15(2,3)4/h6-9H,10H2,1-5H3,(H,16,19). The van der Waals surface area contributed by atoms with E-state index in [-0.39, 0.29) is 23.1 Å². The smallest absolute Gasteiger partial charge is 0.243 e. The van der Waals surface area contributed by atoms with Crippen LogP contribution in [0.5, 0.6) is 0 Å². The number of carbonyl (C=O) groups excluding carboxylic acids is 2. The van der Waals surface area contributed by atoms with Crippen molar-refractivity contribution in [3.63, 3.8) is 0 Å². The second-order valence-corrected chi connectivity index (χ2v) is 8.18. The summed E-state index contributed by atoms with van der Waals surface area (Å²) in [4.78, 5) is 23.1. The van der Waals surface area contributed by atoms with E-state index in [1.54, 1.807) is 0 Å². The van der Waals surface area contributed by atoms with Crippen molar-refractivity contribution in [2.24, 2.45) is 0 Å². The maximum atomic E-state index is 12.4. The Morgan fingerprint density at radius 2 is 1.64 bits per heavy atom. The van der Waals surface area contributed by atoms with Gasteiger partial charge in [-0.3, -0.25) is 9.59 Å². The summed E-state index contributed by atoms with van der Waals surface area (Å²) >= 11 is 0. The zero-order chi connectivity index (χ0) is 17.1. The molecule has 1 aromatic rings. The van der Waals surface area contributed by atoms with E-state index in [4.69, 9.17) is 0 Å². The normalized spacial score (nSPS) is 12.3. The summed E-state index contributed by atoms with van der Waals surface area (Å²) in [5.41, 5.74) is 0.0113. The summed E-state index contributed by atoms with van der Waals surface area (Å²) in [6.45, 7) is 6.60. The van der Waals surface area contributed by atoms with Gasteiger partial charge in [0.1, 0.15) is 0 Å². The third kappa shape index (κ3) is 4.92. The molecule has 122 valence electrons. The molecule has 7 heteroatoms. The van der Waals surface area contributed by atoms with Gasteiger partial charge in [-0.25, -0.2) is 8.42 Å². The highest BCUT2D eigenvalue weighted by Gasteiger charge is 2.24. The molecule has 0 aliphatic heterocycles. The van der Waals surface area contributed by atoms with Crippen LogP contribution in [0.25, 0.3) is 0 Å². The molecule has 6 nitrogen and oxygen atoms in total. The number of amides is 1. The fraction of sp³-hybridized carbons (Fsp3) is 0.467. The van der Waals surface area contributed by atoms with Gasteiger partial charge >= 0.3 is 0 Å². The average molecular weight is 326 g/mol. The lowest BCUT2D eigenvalue weighted by Crippen LogP contribution is -2.46. The fourth-order valence-corrected chi connectivity index (χ4v) is 2.91. The molecule has 1 amide bonds. The number of likely N-dealkylation sites (N-methyl/N-ethyl adjacent to an activating group) is 1. The highest BCUT2D eigenvalue weighted by molar-refractivity contribution is 7.89. The molecule has 1 N–H and O–H groups in total. The number of carbonyl (C=O) groups is 2. The van der Waals surface area contributed by atoms with E-state index >= 15 is 0 Å². The van der Waals surface area contributed by atoms with Gasteiger partial charge in [0.25, 0.3) is 0 Å². The van der Waals surface area contributed by atoms with Crippen LogP contribution in [0.1, 0.15) is 38.1 Å². The number of nitrogens with zero attached hydrogens (tertiary/aromatic N) is 1. The monoisotopic (exact) mass is 326 g/mol. The number of hydrogen-bond acceptors (Lipinski definition) is 4. The molecule has 0 aliphatic carbocycles. The predicted octanol–water partition coefficient (Wildman–Crippen LogP) is 1.42. The number of sulfonamides is 1. The van der Waals surface area contributed by atoms with Crippen LogP contribution in [0.15, 0.2) is 29.2 Å². The fourth-order valence-electron chi connectivity index (χ4n) is 1.79. The number of ketones is 1. The zero-order valence-electron chi connectivity index (χ0n) is 13.5. The van der Waals surface area contributed by atoms with Crippen LogP contribution >= 0.6 is 0 Å². The molecular formula is C15H22N2O4S.